The Hall–Kier alpha value is -3.39. The fourth-order valence-corrected chi connectivity index (χ4v) is 3.55. The van der Waals surface area contributed by atoms with Gasteiger partial charge in [0.25, 0.3) is 0 Å². The van der Waals surface area contributed by atoms with Crippen LogP contribution in [0.5, 0.6) is 0 Å². The highest BCUT2D eigenvalue weighted by molar-refractivity contribution is 5.98. The monoisotopic (exact) mass is 364 g/mol. The minimum absolute atomic E-state index is 0.987. The van der Waals surface area contributed by atoms with Crippen molar-refractivity contribution in [1.29, 1.82) is 0 Å². The van der Waals surface area contributed by atoms with Gasteiger partial charge in [0.2, 0.25) is 0 Å². The van der Waals surface area contributed by atoms with Gasteiger partial charge < -0.3 is 5.32 Å². The van der Waals surface area contributed by atoms with Crippen LogP contribution in [0.3, 0.4) is 0 Å². The molecule has 0 fully saturated rings. The summed E-state index contributed by atoms with van der Waals surface area (Å²) in [5, 5.41) is 3.47. The Morgan fingerprint density at radius 3 is 2.07 bits per heavy atom. The van der Waals surface area contributed by atoms with Crippen LogP contribution < -0.4 is 5.32 Å². The molecule has 2 heteroatoms. The first kappa shape index (κ1) is 18.0. The maximum Gasteiger partial charge on any atom is 0.0629 e. The highest BCUT2D eigenvalue weighted by Crippen LogP contribution is 2.36. The molecular formula is C26H24N2. The molecule has 1 N–H and O–H groups in total. The van der Waals surface area contributed by atoms with Crippen molar-refractivity contribution in [2.75, 3.05) is 5.32 Å². The number of benzene rings is 3. The van der Waals surface area contributed by atoms with Crippen molar-refractivity contribution in [2.24, 2.45) is 4.99 Å². The Bertz CT molecular complexity index is 984. The van der Waals surface area contributed by atoms with E-state index in [0.717, 1.165) is 30.6 Å². The fourth-order valence-electron chi connectivity index (χ4n) is 3.55. The van der Waals surface area contributed by atoms with E-state index >= 15 is 0 Å². The van der Waals surface area contributed by atoms with Crippen molar-refractivity contribution in [3.63, 3.8) is 0 Å². The van der Waals surface area contributed by atoms with Gasteiger partial charge in [-0.1, -0.05) is 66.7 Å². The van der Waals surface area contributed by atoms with Crippen LogP contribution in [-0.4, -0.2) is 6.21 Å². The third kappa shape index (κ3) is 4.47. The van der Waals surface area contributed by atoms with Gasteiger partial charge in [-0.3, -0.25) is 4.99 Å². The molecule has 28 heavy (non-hydrogen) atoms. The van der Waals surface area contributed by atoms with E-state index in [9.17, 15) is 0 Å². The van der Waals surface area contributed by atoms with E-state index < -0.39 is 0 Å². The van der Waals surface area contributed by atoms with Crippen molar-refractivity contribution in [3.8, 4) is 0 Å². The first-order valence-corrected chi connectivity index (χ1v) is 9.79. The lowest BCUT2D eigenvalue weighted by atomic mass is 9.84. The summed E-state index contributed by atoms with van der Waals surface area (Å²) in [6, 6.07) is 31.1. The standard InChI is InChI=1S/C26H24N2/c1-4-11-21(12-5-1)26-22(19-27-24-15-6-2-7-16-24)13-10-14-23(26)20-28-25-17-8-3-9-18-25/h1-9,11-12,15-20,27H,10,13-14H2/b22-19+,28-20+. The molecule has 2 nitrogen and oxygen atoms in total. The highest BCUT2D eigenvalue weighted by Gasteiger charge is 2.18. The van der Waals surface area contributed by atoms with Gasteiger partial charge in [0.15, 0.2) is 0 Å². The van der Waals surface area contributed by atoms with Crippen molar-refractivity contribution in [3.05, 3.63) is 114 Å². The molecule has 0 aliphatic heterocycles. The molecule has 3 aromatic carbocycles. The summed E-state index contributed by atoms with van der Waals surface area (Å²) >= 11 is 0. The zero-order chi connectivity index (χ0) is 19.0. The smallest absolute Gasteiger partial charge is 0.0629 e. The summed E-state index contributed by atoms with van der Waals surface area (Å²) in [6.07, 6.45) is 7.45. The first-order chi connectivity index (χ1) is 13.9. The van der Waals surface area contributed by atoms with Gasteiger partial charge in [-0.25, -0.2) is 0 Å². The Morgan fingerprint density at radius 2 is 1.36 bits per heavy atom. The Kier molecular flexibility index (Phi) is 5.79. The van der Waals surface area contributed by atoms with Crippen LogP contribution in [0.25, 0.3) is 5.57 Å². The van der Waals surface area contributed by atoms with Crippen LogP contribution >= 0.6 is 0 Å². The van der Waals surface area contributed by atoms with Gasteiger partial charge >= 0.3 is 0 Å². The third-order valence-electron chi connectivity index (χ3n) is 4.91. The molecule has 0 saturated heterocycles. The number of nitrogens with zero attached hydrogens (tertiary/aromatic N) is 1. The molecule has 0 heterocycles. The average Bonchev–Trinajstić information content (AvgIpc) is 2.78. The van der Waals surface area contributed by atoms with Crippen LogP contribution in [0.15, 0.2) is 113 Å². The number of rotatable bonds is 5. The van der Waals surface area contributed by atoms with Gasteiger partial charge in [-0.2, -0.15) is 0 Å². The molecule has 0 atom stereocenters. The average molecular weight is 364 g/mol. The van der Waals surface area contributed by atoms with Gasteiger partial charge in [-0.15, -0.1) is 0 Å². The molecule has 0 bridgehead atoms. The molecule has 0 unspecified atom stereocenters. The van der Waals surface area contributed by atoms with Crippen molar-refractivity contribution < 1.29 is 0 Å². The topological polar surface area (TPSA) is 24.4 Å². The predicted octanol–water partition coefficient (Wildman–Crippen LogP) is 7.02. The molecular weight excluding hydrogens is 340 g/mol. The number of hydrogen-bond donors (Lipinski definition) is 1. The van der Waals surface area contributed by atoms with E-state index in [0.29, 0.717) is 0 Å². The zero-order valence-corrected chi connectivity index (χ0v) is 15.9. The molecule has 3 aromatic rings. The van der Waals surface area contributed by atoms with E-state index in [-0.39, 0.29) is 0 Å². The van der Waals surface area contributed by atoms with Crippen LogP contribution in [-0.2, 0) is 0 Å². The molecule has 0 spiro atoms. The second-order valence-electron chi connectivity index (χ2n) is 6.89. The van der Waals surface area contributed by atoms with Gasteiger partial charge in [0.1, 0.15) is 0 Å². The molecule has 0 radical (unpaired) electrons. The number of para-hydroxylation sites is 2. The number of anilines is 1. The summed E-state index contributed by atoms with van der Waals surface area (Å²) in [7, 11) is 0. The van der Waals surface area contributed by atoms with Crippen LogP contribution in [0.1, 0.15) is 24.8 Å². The lowest BCUT2D eigenvalue weighted by Crippen LogP contribution is -2.06. The summed E-state index contributed by atoms with van der Waals surface area (Å²) in [5.74, 6) is 0. The van der Waals surface area contributed by atoms with E-state index in [4.69, 9.17) is 4.99 Å². The maximum atomic E-state index is 4.73. The molecule has 0 aromatic heterocycles. The minimum Gasteiger partial charge on any atom is -0.361 e. The summed E-state index contributed by atoms with van der Waals surface area (Å²) in [6.45, 7) is 0. The van der Waals surface area contributed by atoms with Crippen molar-refractivity contribution in [2.45, 2.75) is 19.3 Å². The lowest BCUT2D eigenvalue weighted by molar-refractivity contribution is 0.813. The number of aliphatic imine (C=N–C) groups is 1. The quantitative estimate of drug-likeness (QED) is 0.483. The Morgan fingerprint density at radius 1 is 0.714 bits per heavy atom. The highest BCUT2D eigenvalue weighted by atomic mass is 14.8. The van der Waals surface area contributed by atoms with Crippen molar-refractivity contribution in [1.82, 2.24) is 0 Å². The summed E-state index contributed by atoms with van der Waals surface area (Å²) in [4.78, 5) is 4.73. The predicted molar refractivity (Wildman–Crippen MR) is 120 cm³/mol. The van der Waals surface area contributed by atoms with E-state index in [1.54, 1.807) is 0 Å². The van der Waals surface area contributed by atoms with Gasteiger partial charge in [0.05, 0.1) is 5.69 Å². The minimum atomic E-state index is 0.987. The zero-order valence-electron chi connectivity index (χ0n) is 15.9. The second kappa shape index (κ2) is 9.01. The van der Waals surface area contributed by atoms with E-state index in [1.807, 2.05) is 54.7 Å². The lowest BCUT2D eigenvalue weighted by Gasteiger charge is -2.22. The third-order valence-corrected chi connectivity index (χ3v) is 4.91. The molecule has 138 valence electrons. The normalized spacial score (nSPS) is 15.9. The molecule has 0 amide bonds. The summed E-state index contributed by atoms with van der Waals surface area (Å²) in [5.41, 5.74) is 7.26. The molecule has 1 aliphatic rings. The summed E-state index contributed by atoms with van der Waals surface area (Å²) < 4.78 is 0. The van der Waals surface area contributed by atoms with Crippen molar-refractivity contribution >= 4 is 23.2 Å². The van der Waals surface area contributed by atoms with Crippen LogP contribution in [0.2, 0.25) is 0 Å². The maximum absolute atomic E-state index is 4.73. The van der Waals surface area contributed by atoms with E-state index in [2.05, 4.69) is 54.0 Å². The molecule has 1 aliphatic carbocycles. The second-order valence-corrected chi connectivity index (χ2v) is 6.89. The number of nitrogens with one attached hydrogen (secondary N) is 1. The number of hydrogen-bond acceptors (Lipinski definition) is 2. The van der Waals surface area contributed by atoms with Gasteiger partial charge in [0, 0.05) is 18.1 Å². The van der Waals surface area contributed by atoms with E-state index in [1.165, 1.54) is 22.3 Å². The molecule has 4 rings (SSSR count). The fraction of sp³-hybridized carbons (Fsp3) is 0.115. The Balaban J connectivity index is 1.72. The van der Waals surface area contributed by atoms with Gasteiger partial charge in [-0.05, 0) is 65.8 Å². The largest absolute Gasteiger partial charge is 0.361 e. The van der Waals surface area contributed by atoms with Crippen LogP contribution in [0.4, 0.5) is 11.4 Å². The SMILES string of the molecule is C(=N\c1ccccc1)/C1=C(c2ccccc2)C(=C/Nc2ccccc2)/CCC1. The molecule has 0 saturated carbocycles. The van der Waals surface area contributed by atoms with Crippen LogP contribution in [0, 0.1) is 0 Å². The first-order valence-electron chi connectivity index (χ1n) is 9.79. The Labute approximate surface area is 167 Å². The number of allylic oxidation sites excluding steroid dienone is 3.